The van der Waals surface area contributed by atoms with Gasteiger partial charge in [0.1, 0.15) is 5.58 Å². The molecule has 1 radical (unpaired) electrons. The number of benzene rings is 8. The fraction of sp³-hybridized carbons (Fsp3) is 0.262. The van der Waals surface area contributed by atoms with E-state index in [0.717, 1.165) is 77.1 Å². The van der Waals surface area contributed by atoms with E-state index in [2.05, 4.69) is 178 Å². The van der Waals surface area contributed by atoms with Gasteiger partial charge in [0.15, 0.2) is 0 Å². The Morgan fingerprint density at radius 3 is 1.99 bits per heavy atom. The van der Waals surface area contributed by atoms with Gasteiger partial charge in [-0.1, -0.05) is 196 Å². The van der Waals surface area contributed by atoms with Gasteiger partial charge in [-0.25, -0.2) is 0 Å². The fourth-order valence-electron chi connectivity index (χ4n) is 10.2. The monoisotopic (exact) mass is 1130 g/mol. The summed E-state index contributed by atoms with van der Waals surface area (Å²) in [4.78, 5) is 10.1. The number of nitrogens with zero attached hydrogens (tertiary/aromatic N) is 3. The number of pyridine rings is 1. The van der Waals surface area contributed by atoms with E-state index in [1.165, 1.54) is 21.7 Å². The van der Waals surface area contributed by atoms with Crippen molar-refractivity contribution >= 4 is 78.5 Å². The first-order valence-electron chi connectivity index (χ1n) is 26.3. The van der Waals surface area contributed by atoms with E-state index >= 15 is 0 Å². The average molecular weight is 1130 g/mol. The Bertz CT molecular complexity index is 3880. The maximum absolute atomic E-state index is 9.55. The van der Waals surface area contributed by atoms with Crippen LogP contribution in [0.25, 0.3) is 93.6 Å². The Morgan fingerprint density at radius 1 is 0.690 bits per heavy atom. The molecule has 71 heavy (non-hydrogen) atoms. The van der Waals surface area contributed by atoms with Crippen LogP contribution in [0.5, 0.6) is 0 Å². The normalized spacial score (nSPS) is 13.2. The Hall–Kier alpha value is -6.17. The molecule has 0 aliphatic heterocycles. The Labute approximate surface area is 439 Å². The second-order valence-corrected chi connectivity index (χ2v) is 26.8. The fourth-order valence-corrected chi connectivity index (χ4v) is 11.7. The van der Waals surface area contributed by atoms with Gasteiger partial charge in [-0.3, -0.25) is 4.98 Å². The zero-order valence-electron chi connectivity index (χ0n) is 46.1. The molecule has 3 aromatic heterocycles. The summed E-state index contributed by atoms with van der Waals surface area (Å²) in [7, 11) is -1.50. The van der Waals surface area contributed by atoms with Gasteiger partial charge in [0.2, 0.25) is 0 Å². The molecular formula is C65H65IrN3OSi-2. The molecule has 0 bridgehead atoms. The quantitative estimate of drug-likeness (QED) is 0.0865. The van der Waals surface area contributed by atoms with Gasteiger partial charge in [0.25, 0.3) is 0 Å². The molecule has 0 fully saturated rings. The summed E-state index contributed by atoms with van der Waals surface area (Å²) in [5, 5.41) is 9.71. The summed E-state index contributed by atoms with van der Waals surface area (Å²) in [6.07, 6.45) is 0.287. The van der Waals surface area contributed by atoms with Crippen molar-refractivity contribution in [2.75, 3.05) is 0 Å². The largest absolute Gasteiger partial charge is 0.501 e. The first kappa shape index (κ1) is 45.9. The van der Waals surface area contributed by atoms with Crippen LogP contribution >= 0.6 is 0 Å². The van der Waals surface area contributed by atoms with E-state index in [9.17, 15) is 2.74 Å². The first-order chi connectivity index (χ1) is 34.5. The number of rotatable bonds is 8. The van der Waals surface area contributed by atoms with Gasteiger partial charge in [-0.15, -0.1) is 53.6 Å². The second-order valence-electron chi connectivity index (χ2n) is 21.8. The SMILES string of the molecule is [2H]C(C)(C)c1cc(-c2[c-]cccc2)ncc1[Si](C)(C)C.[2H]C([2H])(c1c[c-]c(-c2nc3ccc4ccccc4c3n2-c2c(C(C)C)cccc2C(C)C)c2oc3cc4c(ccc5ccccc54)cc3c12)C(C)(C)C.[Ir]. The Morgan fingerprint density at radius 2 is 1.34 bits per heavy atom. The number of hydrogen-bond donors (Lipinski definition) is 0. The van der Waals surface area contributed by atoms with E-state index in [0.29, 0.717) is 22.3 Å². The average Bonchev–Trinajstić information content (AvgIpc) is 3.93. The number of para-hydroxylation sites is 1. The molecule has 0 unspecified atom stereocenters. The maximum Gasteiger partial charge on any atom is 0.121 e. The predicted molar refractivity (Wildman–Crippen MR) is 302 cm³/mol. The van der Waals surface area contributed by atoms with E-state index in [1.54, 1.807) is 0 Å². The number of hydrogen-bond acceptors (Lipinski definition) is 3. The molecule has 4 nitrogen and oxygen atoms in total. The van der Waals surface area contributed by atoms with Crippen molar-refractivity contribution in [1.29, 1.82) is 0 Å². The van der Waals surface area contributed by atoms with Crippen molar-refractivity contribution in [2.45, 2.75) is 106 Å². The number of furan rings is 1. The Kier molecular flexibility index (Phi) is 12.6. The Balaban J connectivity index is 0.000000270. The van der Waals surface area contributed by atoms with Crippen LogP contribution in [0.15, 0.2) is 150 Å². The van der Waals surface area contributed by atoms with Crippen molar-refractivity contribution in [3.63, 3.8) is 0 Å². The van der Waals surface area contributed by atoms with Crippen LogP contribution in [0.4, 0.5) is 0 Å². The third-order valence-electron chi connectivity index (χ3n) is 13.5. The first-order valence-corrected chi connectivity index (χ1v) is 28.3. The van der Waals surface area contributed by atoms with Crippen LogP contribution in [0.3, 0.4) is 0 Å². The molecule has 8 aromatic carbocycles. The maximum atomic E-state index is 9.55. The summed E-state index contributed by atoms with van der Waals surface area (Å²) >= 11 is 0. The van der Waals surface area contributed by atoms with Gasteiger partial charge in [0, 0.05) is 46.9 Å². The summed E-state index contributed by atoms with van der Waals surface area (Å²) < 4.78 is 36.9. The molecule has 361 valence electrons. The van der Waals surface area contributed by atoms with Crippen molar-refractivity contribution in [3.8, 4) is 28.3 Å². The van der Waals surface area contributed by atoms with E-state index in [-0.39, 0.29) is 31.9 Å². The number of imidazole rings is 1. The topological polar surface area (TPSA) is 43.9 Å². The molecule has 0 saturated carbocycles. The number of fused-ring (bicyclic) bond motifs is 9. The zero-order chi connectivity index (χ0) is 51.9. The zero-order valence-corrected chi connectivity index (χ0v) is 46.5. The third-order valence-corrected chi connectivity index (χ3v) is 15.5. The van der Waals surface area contributed by atoms with E-state index in [4.69, 9.17) is 10.8 Å². The van der Waals surface area contributed by atoms with Crippen LogP contribution in [0.2, 0.25) is 19.6 Å². The molecular weight excluding hydrogens is 1060 g/mol. The van der Waals surface area contributed by atoms with Crippen LogP contribution in [0, 0.1) is 17.5 Å². The molecule has 0 saturated heterocycles. The van der Waals surface area contributed by atoms with Gasteiger partial charge in [-0.05, 0) is 90.3 Å². The number of aromatic nitrogens is 3. The van der Waals surface area contributed by atoms with Crippen molar-refractivity contribution in [3.05, 3.63) is 180 Å². The van der Waals surface area contributed by atoms with E-state index < -0.39 is 25.8 Å². The van der Waals surface area contributed by atoms with Gasteiger partial charge in [-0.2, -0.15) is 0 Å². The minimum Gasteiger partial charge on any atom is -0.501 e. The van der Waals surface area contributed by atoms with Gasteiger partial charge >= 0.3 is 0 Å². The van der Waals surface area contributed by atoms with Crippen molar-refractivity contribution < 1.29 is 28.6 Å². The molecule has 0 N–H and O–H groups in total. The summed E-state index contributed by atoms with van der Waals surface area (Å²) in [5.41, 5.74) is 10.4. The molecule has 0 aliphatic carbocycles. The molecule has 11 aromatic rings. The second kappa shape index (κ2) is 19.4. The minimum atomic E-state index is -1.69. The molecule has 6 heteroatoms. The van der Waals surface area contributed by atoms with Crippen molar-refractivity contribution in [1.82, 2.24) is 14.5 Å². The third kappa shape index (κ3) is 9.43. The van der Waals surface area contributed by atoms with Crippen LogP contribution in [0.1, 0.15) is 106 Å². The smallest absolute Gasteiger partial charge is 0.121 e. The van der Waals surface area contributed by atoms with E-state index in [1.807, 2.05) is 71.1 Å². The summed E-state index contributed by atoms with van der Waals surface area (Å²) in [6, 6.07) is 55.1. The molecule has 0 spiro atoms. The van der Waals surface area contributed by atoms with Crippen molar-refractivity contribution in [2.24, 2.45) is 5.41 Å². The molecule has 0 amide bonds. The van der Waals surface area contributed by atoms with Gasteiger partial charge < -0.3 is 14.0 Å². The minimum absolute atomic E-state index is 0. The summed E-state index contributed by atoms with van der Waals surface area (Å²) in [6.45, 7) is 25.7. The predicted octanol–water partition coefficient (Wildman–Crippen LogP) is 17.9. The molecule has 0 aliphatic rings. The standard InChI is InChI=1S/C48H43N2O.C17H22NSi.Ir/c1-28(2)34-17-12-18-35(29(3)4)44(34)50-45-37-16-11-9-14-31(37)22-24-41(45)49-47(50)38-23-21-33(27-48(5,6)7)43-40-25-32-20-19-30-13-8-10-15-36(30)39(32)26-42(40)51-46(38)43;1-13(2)15-11-16(14-9-7-6-8-10-14)18-12-17(15)19(3,4)5;/h8-22,24-26,28-29H,27H2,1-7H3;6-9,11-13H,1-5H3;/q2*-1;/i27D2;13D;. The van der Waals surface area contributed by atoms with Crippen LogP contribution in [-0.2, 0) is 26.5 Å². The van der Waals surface area contributed by atoms with Crippen LogP contribution < -0.4 is 5.19 Å². The molecule has 3 heterocycles. The molecule has 0 atom stereocenters. The van der Waals surface area contributed by atoms with Crippen LogP contribution in [-0.4, -0.2) is 22.6 Å². The summed E-state index contributed by atoms with van der Waals surface area (Å²) in [5.74, 6) is 0.626. The van der Waals surface area contributed by atoms with Gasteiger partial charge in [0.05, 0.1) is 30.5 Å². The molecule has 11 rings (SSSR count).